The lowest BCUT2D eigenvalue weighted by Crippen LogP contribution is -2.45. The van der Waals surface area contributed by atoms with E-state index in [-0.39, 0.29) is 11.8 Å². The summed E-state index contributed by atoms with van der Waals surface area (Å²) >= 11 is 0. The monoisotopic (exact) mass is 279 g/mol. The van der Waals surface area contributed by atoms with Gasteiger partial charge in [0.1, 0.15) is 0 Å². The van der Waals surface area contributed by atoms with Gasteiger partial charge in [0, 0.05) is 13.1 Å². The maximum absolute atomic E-state index is 12.6. The van der Waals surface area contributed by atoms with Gasteiger partial charge in [-0.05, 0) is 44.4 Å². The van der Waals surface area contributed by atoms with Crippen molar-refractivity contribution < 1.29 is 14.7 Å². The van der Waals surface area contributed by atoms with Gasteiger partial charge in [-0.15, -0.1) is 0 Å². The summed E-state index contributed by atoms with van der Waals surface area (Å²) in [6.07, 6.45) is 9.27. The molecule has 2 aliphatic rings. The Morgan fingerprint density at radius 2 is 1.60 bits per heavy atom. The molecule has 0 saturated heterocycles. The first kappa shape index (κ1) is 15.1. The van der Waals surface area contributed by atoms with Gasteiger partial charge in [0.25, 0.3) is 0 Å². The van der Waals surface area contributed by atoms with Crippen LogP contribution < -0.4 is 0 Å². The SMILES string of the molecule is CC1CCC(N(C)C(=O)C2CC=CCC2C(=O)O)CC1. The maximum Gasteiger partial charge on any atom is 0.307 e. The fourth-order valence-corrected chi connectivity index (χ4v) is 3.43. The number of carboxylic acids is 1. The largest absolute Gasteiger partial charge is 0.481 e. The van der Waals surface area contributed by atoms with E-state index in [0.717, 1.165) is 31.6 Å². The van der Waals surface area contributed by atoms with E-state index in [1.807, 2.05) is 24.1 Å². The molecule has 4 heteroatoms. The predicted octanol–water partition coefficient (Wildman–Crippen LogP) is 2.69. The summed E-state index contributed by atoms with van der Waals surface area (Å²) in [5.74, 6) is -1.03. The normalized spacial score (nSPS) is 33.7. The van der Waals surface area contributed by atoms with E-state index < -0.39 is 11.9 Å². The smallest absolute Gasteiger partial charge is 0.307 e. The molecule has 2 atom stereocenters. The zero-order chi connectivity index (χ0) is 14.7. The number of aliphatic carboxylic acids is 1. The Bertz CT molecular complexity index is 397. The van der Waals surface area contributed by atoms with E-state index >= 15 is 0 Å². The summed E-state index contributed by atoms with van der Waals surface area (Å²) in [4.78, 5) is 25.8. The summed E-state index contributed by atoms with van der Waals surface area (Å²) in [5.41, 5.74) is 0. The molecule has 0 bridgehead atoms. The third kappa shape index (κ3) is 3.22. The fourth-order valence-electron chi connectivity index (χ4n) is 3.43. The average Bonchev–Trinajstić information content (AvgIpc) is 2.46. The lowest BCUT2D eigenvalue weighted by molar-refractivity contribution is -0.151. The lowest BCUT2D eigenvalue weighted by atomic mass is 9.81. The van der Waals surface area contributed by atoms with Crippen LogP contribution in [-0.2, 0) is 9.59 Å². The summed E-state index contributed by atoms with van der Waals surface area (Å²) < 4.78 is 0. The summed E-state index contributed by atoms with van der Waals surface area (Å²) in [6, 6.07) is 0.291. The Morgan fingerprint density at radius 3 is 2.15 bits per heavy atom. The topological polar surface area (TPSA) is 57.6 Å². The molecule has 4 nitrogen and oxygen atoms in total. The van der Waals surface area contributed by atoms with Gasteiger partial charge in [0.05, 0.1) is 11.8 Å². The molecule has 0 spiro atoms. The highest BCUT2D eigenvalue weighted by molar-refractivity contribution is 5.85. The molecule has 112 valence electrons. The van der Waals surface area contributed by atoms with Crippen LogP contribution in [-0.4, -0.2) is 35.0 Å². The zero-order valence-corrected chi connectivity index (χ0v) is 12.4. The van der Waals surface area contributed by atoms with Crippen LogP contribution in [0.2, 0.25) is 0 Å². The minimum absolute atomic E-state index is 0.0151. The van der Waals surface area contributed by atoms with Crippen molar-refractivity contribution in [2.24, 2.45) is 17.8 Å². The molecule has 0 aliphatic heterocycles. The van der Waals surface area contributed by atoms with Crippen LogP contribution in [0.1, 0.15) is 45.4 Å². The van der Waals surface area contributed by atoms with Crippen molar-refractivity contribution in [2.45, 2.75) is 51.5 Å². The van der Waals surface area contributed by atoms with Crippen molar-refractivity contribution in [3.8, 4) is 0 Å². The standard InChI is InChI=1S/C16H25NO3/c1-11-7-9-12(10-8-11)17(2)15(18)13-5-3-4-6-14(13)16(19)20/h3-4,11-14H,5-10H2,1-2H3,(H,19,20). The molecule has 1 amide bonds. The minimum atomic E-state index is -0.849. The molecule has 0 heterocycles. The van der Waals surface area contributed by atoms with Gasteiger partial charge in [-0.25, -0.2) is 0 Å². The first-order chi connectivity index (χ1) is 9.50. The second-order valence-corrected chi connectivity index (χ2v) is 6.36. The van der Waals surface area contributed by atoms with Crippen molar-refractivity contribution in [1.82, 2.24) is 4.90 Å². The number of amides is 1. The second-order valence-electron chi connectivity index (χ2n) is 6.36. The van der Waals surface area contributed by atoms with E-state index in [1.165, 1.54) is 0 Å². The van der Waals surface area contributed by atoms with Crippen molar-refractivity contribution >= 4 is 11.9 Å². The lowest BCUT2D eigenvalue weighted by Gasteiger charge is -2.37. The van der Waals surface area contributed by atoms with Crippen molar-refractivity contribution in [3.63, 3.8) is 0 Å². The van der Waals surface area contributed by atoms with E-state index in [2.05, 4.69) is 6.92 Å². The summed E-state index contributed by atoms with van der Waals surface area (Å²) in [7, 11) is 1.85. The summed E-state index contributed by atoms with van der Waals surface area (Å²) in [6.45, 7) is 2.25. The molecule has 0 aromatic heterocycles. The Hall–Kier alpha value is -1.32. The molecular weight excluding hydrogens is 254 g/mol. The number of carboxylic acid groups (broad SMARTS) is 1. The molecular formula is C16H25NO3. The quantitative estimate of drug-likeness (QED) is 0.808. The average molecular weight is 279 g/mol. The van der Waals surface area contributed by atoms with Crippen molar-refractivity contribution in [3.05, 3.63) is 12.2 Å². The molecule has 20 heavy (non-hydrogen) atoms. The van der Waals surface area contributed by atoms with Gasteiger partial charge in [0.15, 0.2) is 0 Å². The maximum atomic E-state index is 12.6. The molecule has 0 radical (unpaired) electrons. The van der Waals surface area contributed by atoms with Crippen LogP contribution >= 0.6 is 0 Å². The molecule has 1 fully saturated rings. The Balaban J connectivity index is 2.02. The van der Waals surface area contributed by atoms with Crippen molar-refractivity contribution in [1.29, 1.82) is 0 Å². The summed E-state index contributed by atoms with van der Waals surface area (Å²) in [5, 5.41) is 9.28. The van der Waals surface area contributed by atoms with Crippen LogP contribution in [0.3, 0.4) is 0 Å². The molecule has 0 aromatic rings. The van der Waals surface area contributed by atoms with E-state index in [0.29, 0.717) is 18.9 Å². The van der Waals surface area contributed by atoms with Gasteiger partial charge in [-0.3, -0.25) is 9.59 Å². The van der Waals surface area contributed by atoms with Crippen LogP contribution in [0.4, 0.5) is 0 Å². The highest BCUT2D eigenvalue weighted by Crippen LogP contribution is 2.31. The number of nitrogens with zero attached hydrogens (tertiary/aromatic N) is 1. The molecule has 2 rings (SSSR count). The second kappa shape index (κ2) is 6.42. The molecule has 1 saturated carbocycles. The molecule has 2 unspecified atom stereocenters. The predicted molar refractivity (Wildman–Crippen MR) is 77.2 cm³/mol. The van der Waals surface area contributed by atoms with Crippen LogP contribution in [0, 0.1) is 17.8 Å². The molecule has 2 aliphatic carbocycles. The number of hydrogen-bond acceptors (Lipinski definition) is 2. The van der Waals surface area contributed by atoms with Crippen LogP contribution in [0.5, 0.6) is 0 Å². The van der Waals surface area contributed by atoms with Crippen LogP contribution in [0.25, 0.3) is 0 Å². The van der Waals surface area contributed by atoms with E-state index in [4.69, 9.17) is 0 Å². The van der Waals surface area contributed by atoms with Gasteiger partial charge in [0.2, 0.25) is 5.91 Å². The number of rotatable bonds is 3. The minimum Gasteiger partial charge on any atom is -0.481 e. The van der Waals surface area contributed by atoms with E-state index in [9.17, 15) is 14.7 Å². The Morgan fingerprint density at radius 1 is 1.05 bits per heavy atom. The number of carbonyl (C=O) groups is 2. The van der Waals surface area contributed by atoms with Crippen LogP contribution in [0.15, 0.2) is 12.2 Å². The third-order valence-corrected chi connectivity index (χ3v) is 4.95. The first-order valence-corrected chi connectivity index (χ1v) is 7.65. The van der Waals surface area contributed by atoms with Gasteiger partial charge < -0.3 is 10.0 Å². The highest BCUT2D eigenvalue weighted by Gasteiger charge is 2.37. The number of carbonyl (C=O) groups excluding carboxylic acids is 1. The van der Waals surface area contributed by atoms with Gasteiger partial charge >= 0.3 is 5.97 Å². The van der Waals surface area contributed by atoms with E-state index in [1.54, 1.807) is 0 Å². The zero-order valence-electron chi connectivity index (χ0n) is 12.4. The van der Waals surface area contributed by atoms with Gasteiger partial charge in [-0.1, -0.05) is 19.1 Å². The molecule has 1 N–H and O–H groups in total. The third-order valence-electron chi connectivity index (χ3n) is 4.95. The number of allylic oxidation sites excluding steroid dienone is 2. The van der Waals surface area contributed by atoms with Crippen molar-refractivity contribution in [2.75, 3.05) is 7.05 Å². The Labute approximate surface area is 120 Å². The fraction of sp³-hybridized carbons (Fsp3) is 0.750. The number of hydrogen-bond donors (Lipinski definition) is 1. The molecule has 0 aromatic carbocycles. The van der Waals surface area contributed by atoms with Gasteiger partial charge in [-0.2, -0.15) is 0 Å². The Kier molecular flexibility index (Phi) is 4.84. The highest BCUT2D eigenvalue weighted by atomic mass is 16.4. The first-order valence-electron chi connectivity index (χ1n) is 7.65.